The van der Waals surface area contributed by atoms with Crippen molar-refractivity contribution in [3.8, 4) is 22.5 Å². The van der Waals surface area contributed by atoms with Crippen LogP contribution < -0.4 is 0 Å². The van der Waals surface area contributed by atoms with Crippen molar-refractivity contribution < 1.29 is 31.4 Å². The van der Waals surface area contributed by atoms with Gasteiger partial charge in [-0.3, -0.25) is 4.98 Å². The van der Waals surface area contributed by atoms with Crippen molar-refractivity contribution in [2.24, 2.45) is 5.41 Å². The topological polar surface area (TPSA) is 51.8 Å². The van der Waals surface area contributed by atoms with Crippen LogP contribution in [0.5, 0.6) is 0 Å². The van der Waals surface area contributed by atoms with Gasteiger partial charge in [0.15, 0.2) is 0 Å². The predicted molar refractivity (Wildman–Crippen MR) is 167 cm³/mol. The number of pyridine rings is 3. The van der Waals surface area contributed by atoms with Crippen molar-refractivity contribution >= 4 is 32.7 Å². The molecule has 0 amide bonds. The van der Waals surface area contributed by atoms with E-state index in [9.17, 15) is 0 Å². The Morgan fingerprint density at radius 1 is 0.810 bits per heavy atom. The molecular formula is C37H31IrN3O-2. The summed E-state index contributed by atoms with van der Waals surface area (Å²) in [5.41, 5.74) is 4.76. The number of aryl methyl sites for hydroxylation is 1. The molecule has 3 aromatic carbocycles. The van der Waals surface area contributed by atoms with E-state index in [-0.39, 0.29) is 25.7 Å². The standard InChI is InChI=1S/C25H21N2O.C12H10N.Ir/c1-25(2,3)14-16-9-12-27-22(13-16)20-6-4-5-18-19-8-7-17-10-11-26-15-21(17)24(19)28-23(18)20;1-10-7-8-12(13-9-10)11-5-3-2-4-6-11;/h4-5,7-13,15H,14H2,1-3H3;2-5,7-9H,1H3;/q2*-1;/i14D2;1D3;. The van der Waals surface area contributed by atoms with E-state index in [0.717, 1.165) is 43.9 Å². The van der Waals surface area contributed by atoms with Crippen molar-refractivity contribution in [1.82, 2.24) is 15.0 Å². The maximum Gasteiger partial charge on any atom is 0.130 e. The SMILES string of the molecule is [2H]C([2H])([2H])c1ccc(-c2[c-]cccc2)nc1.[2H]C([2H])(c1ccnc(-c2[c-]ccc3c2oc2c4cnccc4ccc32)c1)C(C)(C)C.[Ir]. The average molecular weight is 731 g/mol. The minimum absolute atomic E-state index is 0. The summed E-state index contributed by atoms with van der Waals surface area (Å²) in [5.74, 6) is 0. The average Bonchev–Trinajstić information content (AvgIpc) is 3.44. The Kier molecular flexibility index (Phi) is 6.88. The summed E-state index contributed by atoms with van der Waals surface area (Å²) in [5, 5.41) is 4.03. The molecule has 5 heteroatoms. The molecule has 4 heterocycles. The van der Waals surface area contributed by atoms with E-state index < -0.39 is 18.6 Å². The fraction of sp³-hybridized carbons (Fsp3) is 0.162. The molecule has 0 aliphatic rings. The third kappa shape index (κ3) is 6.33. The molecule has 7 rings (SSSR count). The summed E-state index contributed by atoms with van der Waals surface area (Å²) in [4.78, 5) is 12.9. The second-order valence-electron chi connectivity index (χ2n) is 10.7. The molecule has 0 aliphatic heterocycles. The Balaban J connectivity index is 0.000000217. The van der Waals surface area contributed by atoms with Crippen molar-refractivity contribution in [3.63, 3.8) is 0 Å². The molecule has 0 N–H and O–H groups in total. The molecule has 1 radical (unpaired) electrons. The minimum Gasteiger partial charge on any atom is -0.500 e. The molecule has 0 aliphatic carbocycles. The number of rotatable bonds is 3. The van der Waals surface area contributed by atoms with Gasteiger partial charge in [-0.05, 0) is 53.1 Å². The van der Waals surface area contributed by atoms with E-state index in [0.29, 0.717) is 16.8 Å². The van der Waals surface area contributed by atoms with Gasteiger partial charge >= 0.3 is 0 Å². The van der Waals surface area contributed by atoms with Crippen LogP contribution in [0.15, 0.2) is 108 Å². The largest absolute Gasteiger partial charge is 0.500 e. The van der Waals surface area contributed by atoms with Gasteiger partial charge in [0, 0.05) is 62.5 Å². The summed E-state index contributed by atoms with van der Waals surface area (Å²) in [6.45, 7) is 3.61. The van der Waals surface area contributed by atoms with Crippen LogP contribution in [0.2, 0.25) is 0 Å². The van der Waals surface area contributed by atoms with Gasteiger partial charge in [0.05, 0.1) is 5.58 Å². The summed E-state index contributed by atoms with van der Waals surface area (Å²) in [6.07, 6.45) is 5.13. The van der Waals surface area contributed by atoms with E-state index in [1.807, 2.05) is 69.4 Å². The molecule has 211 valence electrons. The van der Waals surface area contributed by atoms with Crippen LogP contribution in [0.1, 0.15) is 38.8 Å². The predicted octanol–water partition coefficient (Wildman–Crippen LogP) is 9.44. The minimum atomic E-state index is -2.09. The molecular weight excluding hydrogens is 695 g/mol. The molecule has 0 atom stereocenters. The first-order valence-electron chi connectivity index (χ1n) is 15.8. The smallest absolute Gasteiger partial charge is 0.130 e. The molecule has 4 nitrogen and oxygen atoms in total. The Bertz CT molecular complexity index is 2160. The number of furan rings is 1. The number of aromatic nitrogens is 3. The summed E-state index contributed by atoms with van der Waals surface area (Å²) in [7, 11) is 0. The van der Waals surface area contributed by atoms with Crippen LogP contribution in [0.4, 0.5) is 0 Å². The van der Waals surface area contributed by atoms with E-state index in [1.54, 1.807) is 36.7 Å². The van der Waals surface area contributed by atoms with Crippen molar-refractivity contribution in [2.45, 2.75) is 34.0 Å². The third-order valence-electron chi connectivity index (χ3n) is 6.50. The molecule has 0 bridgehead atoms. The quantitative estimate of drug-likeness (QED) is 0.170. The van der Waals surface area contributed by atoms with Crippen LogP contribution >= 0.6 is 0 Å². The Morgan fingerprint density at radius 2 is 1.69 bits per heavy atom. The zero-order valence-corrected chi connectivity index (χ0v) is 25.8. The number of fused-ring (bicyclic) bond motifs is 5. The first-order valence-corrected chi connectivity index (χ1v) is 13.3. The van der Waals surface area contributed by atoms with Crippen molar-refractivity contribution in [2.75, 3.05) is 0 Å². The first-order chi connectivity index (χ1) is 21.8. The van der Waals surface area contributed by atoms with Crippen LogP contribution in [0, 0.1) is 24.4 Å². The maximum atomic E-state index is 8.62. The van der Waals surface area contributed by atoms with Gasteiger partial charge in [-0.15, -0.1) is 54.1 Å². The van der Waals surface area contributed by atoms with Crippen LogP contribution in [0.25, 0.3) is 55.2 Å². The van der Waals surface area contributed by atoms with Crippen molar-refractivity contribution in [3.05, 3.63) is 127 Å². The van der Waals surface area contributed by atoms with Gasteiger partial charge in [0.2, 0.25) is 0 Å². The van der Waals surface area contributed by atoms with Crippen LogP contribution in [-0.4, -0.2) is 15.0 Å². The van der Waals surface area contributed by atoms with Crippen molar-refractivity contribution in [1.29, 1.82) is 0 Å². The van der Waals surface area contributed by atoms with E-state index in [1.165, 1.54) is 6.20 Å². The Morgan fingerprint density at radius 3 is 2.45 bits per heavy atom. The van der Waals surface area contributed by atoms with Gasteiger partial charge < -0.3 is 14.4 Å². The molecule has 0 saturated carbocycles. The second kappa shape index (κ2) is 12.4. The molecule has 0 unspecified atom stereocenters. The number of hydrogen-bond donors (Lipinski definition) is 0. The van der Waals surface area contributed by atoms with Gasteiger partial charge in [0.25, 0.3) is 0 Å². The van der Waals surface area contributed by atoms with E-state index >= 15 is 0 Å². The summed E-state index contributed by atoms with van der Waals surface area (Å²) < 4.78 is 45.3. The molecule has 7 aromatic rings. The summed E-state index contributed by atoms with van der Waals surface area (Å²) >= 11 is 0. The number of benzene rings is 3. The monoisotopic (exact) mass is 731 g/mol. The summed E-state index contributed by atoms with van der Waals surface area (Å²) in [6, 6.07) is 30.6. The second-order valence-corrected chi connectivity index (χ2v) is 10.7. The fourth-order valence-corrected chi connectivity index (χ4v) is 4.73. The van der Waals surface area contributed by atoms with E-state index in [4.69, 9.17) is 11.3 Å². The number of nitrogens with zero attached hydrogens (tertiary/aromatic N) is 3. The molecule has 0 saturated heterocycles. The Labute approximate surface area is 267 Å². The van der Waals surface area contributed by atoms with E-state index in [2.05, 4.69) is 39.2 Å². The van der Waals surface area contributed by atoms with Crippen LogP contribution in [0.3, 0.4) is 0 Å². The van der Waals surface area contributed by atoms with Gasteiger partial charge in [-0.1, -0.05) is 67.6 Å². The molecule has 0 spiro atoms. The van der Waals surface area contributed by atoms with Gasteiger partial charge in [-0.25, -0.2) is 0 Å². The molecule has 0 fully saturated rings. The Hall–Kier alpha value is -4.18. The maximum absolute atomic E-state index is 8.62. The fourth-order valence-electron chi connectivity index (χ4n) is 4.73. The first kappa shape index (κ1) is 23.4. The molecule has 42 heavy (non-hydrogen) atoms. The zero-order chi connectivity index (χ0) is 32.7. The van der Waals surface area contributed by atoms with Gasteiger partial charge in [-0.2, -0.15) is 0 Å². The van der Waals surface area contributed by atoms with Gasteiger partial charge in [0.1, 0.15) is 5.58 Å². The normalized spacial score (nSPS) is 13.6. The molecule has 4 aromatic heterocycles. The zero-order valence-electron chi connectivity index (χ0n) is 28.4. The third-order valence-corrected chi connectivity index (χ3v) is 6.50. The van der Waals surface area contributed by atoms with Crippen LogP contribution in [-0.2, 0) is 26.5 Å². The number of hydrogen-bond acceptors (Lipinski definition) is 4.